The van der Waals surface area contributed by atoms with E-state index >= 15 is 0 Å². The van der Waals surface area contributed by atoms with Crippen LogP contribution < -0.4 is 0 Å². The molecule has 1 N–H and O–H groups in total. The molecule has 0 unspecified atom stereocenters. The molecule has 1 aliphatic heterocycles. The van der Waals surface area contributed by atoms with Crippen LogP contribution in [0.1, 0.15) is 28.4 Å². The van der Waals surface area contributed by atoms with E-state index in [1.807, 2.05) is 0 Å². The zero-order chi connectivity index (χ0) is 23.6. The van der Waals surface area contributed by atoms with Crippen molar-refractivity contribution < 1.29 is 29.3 Å². The summed E-state index contributed by atoms with van der Waals surface area (Å²) in [6.07, 6.45) is 0. The Morgan fingerprint density at radius 3 is 2.09 bits per heavy atom. The number of hydrogen-bond donors (Lipinski definition) is 1. The van der Waals surface area contributed by atoms with Crippen molar-refractivity contribution >= 4 is 34.8 Å². The molecule has 0 aliphatic carbocycles. The molecule has 0 aromatic heterocycles. The second kappa shape index (κ2) is 8.55. The number of allylic oxidation sites excluding steroid dienone is 1. The zero-order valence-electron chi connectivity index (χ0n) is 16.6. The first-order valence-electron chi connectivity index (χ1n) is 8.88. The molecule has 0 bridgehead atoms. The molecule has 1 aliphatic rings. The molecule has 0 fully saturated rings. The van der Waals surface area contributed by atoms with Gasteiger partial charge < -0.3 is 9.84 Å². The van der Waals surface area contributed by atoms with E-state index in [1.165, 1.54) is 6.92 Å². The van der Waals surface area contributed by atoms with E-state index in [0.29, 0.717) is 11.1 Å². The van der Waals surface area contributed by atoms with Crippen LogP contribution in [0.25, 0.3) is 0 Å². The second-order valence-electron chi connectivity index (χ2n) is 6.45. The molecule has 1 amide bonds. The molecular formula is C20H14N4O8. The van der Waals surface area contributed by atoms with Crippen molar-refractivity contribution in [2.45, 2.75) is 6.92 Å². The first-order chi connectivity index (χ1) is 15.1. The number of ether oxygens (including phenoxy) is 1. The average Bonchev–Trinajstić information content (AvgIpc) is 3.11. The van der Waals surface area contributed by atoms with Crippen LogP contribution in [0, 0.1) is 20.2 Å². The van der Waals surface area contributed by atoms with E-state index < -0.39 is 33.1 Å². The molecule has 162 valence electrons. The molecule has 0 saturated heterocycles. The number of benzene rings is 2. The average molecular weight is 438 g/mol. The number of aliphatic imine (C=N–C) groups is 2. The number of aliphatic hydroxyl groups is 1. The van der Waals surface area contributed by atoms with Crippen LogP contribution in [-0.4, -0.2) is 45.5 Å². The van der Waals surface area contributed by atoms with Gasteiger partial charge in [-0.25, -0.2) is 9.79 Å². The lowest BCUT2D eigenvalue weighted by molar-refractivity contribution is -0.394. The number of aliphatic hydroxyl groups excluding tert-OH is 1. The van der Waals surface area contributed by atoms with E-state index in [9.17, 15) is 34.9 Å². The number of methoxy groups -OCH3 is 1. The molecule has 2 aromatic rings. The summed E-state index contributed by atoms with van der Waals surface area (Å²) in [5.74, 6) is -2.39. The van der Waals surface area contributed by atoms with Crippen LogP contribution in [0.15, 0.2) is 63.8 Å². The zero-order valence-corrected chi connectivity index (χ0v) is 16.6. The number of nitro benzene ring substituents is 2. The van der Waals surface area contributed by atoms with Gasteiger partial charge in [0.2, 0.25) is 0 Å². The Kier molecular flexibility index (Phi) is 5.87. The highest BCUT2D eigenvalue weighted by atomic mass is 16.6. The van der Waals surface area contributed by atoms with Crippen molar-refractivity contribution in [1.82, 2.24) is 0 Å². The minimum absolute atomic E-state index is 0.0176. The number of non-ortho nitro benzene ring substituents is 2. The van der Waals surface area contributed by atoms with Gasteiger partial charge in [-0.15, -0.1) is 0 Å². The van der Waals surface area contributed by atoms with E-state index in [4.69, 9.17) is 0 Å². The predicted octanol–water partition coefficient (Wildman–Crippen LogP) is 2.90. The summed E-state index contributed by atoms with van der Waals surface area (Å²) in [6.45, 7) is 1.26. The molecular weight excluding hydrogens is 424 g/mol. The summed E-state index contributed by atoms with van der Waals surface area (Å²) < 4.78 is 4.69. The molecule has 0 atom stereocenters. The maximum Gasteiger partial charge on any atom is 0.343 e. The molecule has 1 heterocycles. The number of esters is 1. The fraction of sp³-hybridized carbons (Fsp3) is 0.100. The number of amides is 1. The van der Waals surface area contributed by atoms with Gasteiger partial charge in [0.15, 0.2) is 5.84 Å². The lowest BCUT2D eigenvalue weighted by Crippen LogP contribution is -2.16. The van der Waals surface area contributed by atoms with Crippen LogP contribution in [0.4, 0.5) is 11.4 Å². The lowest BCUT2D eigenvalue weighted by atomic mass is 9.99. The number of rotatable bonds is 5. The number of fused-ring (bicyclic) bond motifs is 1. The van der Waals surface area contributed by atoms with Crippen molar-refractivity contribution in [3.05, 3.63) is 90.7 Å². The van der Waals surface area contributed by atoms with E-state index in [0.717, 1.165) is 25.3 Å². The summed E-state index contributed by atoms with van der Waals surface area (Å²) >= 11 is 0. The quantitative estimate of drug-likeness (QED) is 0.244. The Hall–Kier alpha value is -4.74. The van der Waals surface area contributed by atoms with Gasteiger partial charge in [-0.3, -0.25) is 25.0 Å². The Balaban J connectivity index is 2.15. The van der Waals surface area contributed by atoms with Crippen molar-refractivity contribution in [2.75, 3.05) is 7.11 Å². The number of hydrogen-bond acceptors (Lipinski definition) is 8. The number of carbonyl (C=O) groups is 2. The summed E-state index contributed by atoms with van der Waals surface area (Å²) in [7, 11) is 1.13. The predicted molar refractivity (Wildman–Crippen MR) is 111 cm³/mol. The van der Waals surface area contributed by atoms with Gasteiger partial charge in [-0.05, 0) is 6.92 Å². The van der Waals surface area contributed by atoms with Crippen LogP contribution in [-0.2, 0) is 9.53 Å². The second-order valence-corrected chi connectivity index (χ2v) is 6.45. The molecule has 0 radical (unpaired) electrons. The Bertz CT molecular complexity index is 1240. The number of nitro groups is 2. The Labute approximate surface area is 179 Å². The third kappa shape index (κ3) is 4.09. The minimum atomic E-state index is -1.02. The molecule has 3 rings (SSSR count). The number of nitrogens with zero attached hydrogens (tertiary/aromatic N) is 4. The fourth-order valence-corrected chi connectivity index (χ4v) is 2.99. The van der Waals surface area contributed by atoms with Crippen LogP contribution in [0.2, 0.25) is 0 Å². The third-order valence-corrected chi connectivity index (χ3v) is 4.41. The molecule has 0 saturated carbocycles. The van der Waals surface area contributed by atoms with E-state index in [2.05, 4.69) is 14.7 Å². The first kappa shape index (κ1) is 22.0. The van der Waals surface area contributed by atoms with Gasteiger partial charge in [0.25, 0.3) is 17.3 Å². The highest BCUT2D eigenvalue weighted by Gasteiger charge is 2.30. The van der Waals surface area contributed by atoms with Gasteiger partial charge in [0, 0.05) is 23.3 Å². The van der Waals surface area contributed by atoms with Gasteiger partial charge in [0.05, 0.1) is 34.3 Å². The maximum atomic E-state index is 12.7. The largest absolute Gasteiger partial charge is 0.512 e. The van der Waals surface area contributed by atoms with Crippen LogP contribution in [0.5, 0.6) is 0 Å². The van der Waals surface area contributed by atoms with Crippen molar-refractivity contribution in [1.29, 1.82) is 0 Å². The monoisotopic (exact) mass is 438 g/mol. The molecule has 32 heavy (non-hydrogen) atoms. The first-order valence-corrected chi connectivity index (χ1v) is 8.88. The molecule has 0 spiro atoms. The standard InChI is InChI=1S/C20H14N4O8/c1-10(25)16(20(27)32-2)17-14-5-3-4-6-15(14)18(21-17)22-19(26)11-7-12(23(28)29)9-13(8-11)24(30)31/h3-9,25H,1-2H3/b16-10-,22-18?. The van der Waals surface area contributed by atoms with Gasteiger partial charge in [-0.2, -0.15) is 4.99 Å². The number of carbonyl (C=O) groups excluding carboxylic acids is 2. The van der Waals surface area contributed by atoms with Gasteiger partial charge in [-0.1, -0.05) is 24.3 Å². The van der Waals surface area contributed by atoms with Crippen molar-refractivity contribution in [3.63, 3.8) is 0 Å². The molecule has 2 aromatic carbocycles. The SMILES string of the molecule is COC(=O)/C(C1=NC(=NC(=O)c2cc([N+](=O)[O-])cc([N+](=O)[O-])c2)c2ccccc21)=C(/C)O. The van der Waals surface area contributed by atoms with Crippen LogP contribution in [0.3, 0.4) is 0 Å². The van der Waals surface area contributed by atoms with Gasteiger partial charge in [0.1, 0.15) is 11.3 Å². The Morgan fingerprint density at radius 1 is 1.03 bits per heavy atom. The summed E-state index contributed by atoms with van der Waals surface area (Å²) in [5.41, 5.74) is -1.17. The van der Waals surface area contributed by atoms with Crippen molar-refractivity contribution in [2.24, 2.45) is 9.98 Å². The van der Waals surface area contributed by atoms with Crippen molar-refractivity contribution in [3.8, 4) is 0 Å². The molecule has 12 heteroatoms. The topological polar surface area (TPSA) is 175 Å². The highest BCUT2D eigenvalue weighted by molar-refractivity contribution is 6.36. The highest BCUT2D eigenvalue weighted by Crippen LogP contribution is 2.27. The Morgan fingerprint density at radius 2 is 1.59 bits per heavy atom. The normalized spacial score (nSPS) is 14.3. The minimum Gasteiger partial charge on any atom is -0.512 e. The molecule has 12 nitrogen and oxygen atoms in total. The summed E-state index contributed by atoms with van der Waals surface area (Å²) in [6, 6.07) is 8.88. The maximum absolute atomic E-state index is 12.7. The summed E-state index contributed by atoms with van der Waals surface area (Å²) in [4.78, 5) is 53.3. The van der Waals surface area contributed by atoms with E-state index in [1.54, 1.807) is 24.3 Å². The van der Waals surface area contributed by atoms with E-state index in [-0.39, 0.29) is 28.4 Å². The third-order valence-electron chi connectivity index (χ3n) is 4.41. The van der Waals surface area contributed by atoms with Crippen LogP contribution >= 0.6 is 0 Å². The summed E-state index contributed by atoms with van der Waals surface area (Å²) in [5, 5.41) is 32.1. The smallest absolute Gasteiger partial charge is 0.343 e. The van der Waals surface area contributed by atoms with Gasteiger partial charge >= 0.3 is 5.97 Å². The fourth-order valence-electron chi connectivity index (χ4n) is 2.99. The lowest BCUT2D eigenvalue weighted by Gasteiger charge is -2.07. The number of amidine groups is 1.